The number of hydrogen-bond donors (Lipinski definition) is 4. The second kappa shape index (κ2) is 16.9. The molecule has 4 aliphatic heterocycles. The molecule has 0 spiro atoms. The summed E-state index contributed by atoms with van der Waals surface area (Å²) in [5.41, 5.74) is 0.557. The van der Waals surface area contributed by atoms with Crippen LogP contribution in [-0.4, -0.2) is 123 Å². The SMILES string of the molecule is CCc1c(F)ccc2cc(O)cc(-c3ncc4c(N5CC6CCC(C5)N6)nc(OCC5CCCN5C(=O)CCCCC(=O)NCC(=O)N5CCC(O)C5)nc4c3F)c12. The number of aliphatic hydroxyl groups excluding tert-OH is 1. The summed E-state index contributed by atoms with van der Waals surface area (Å²) in [7, 11) is 0. The van der Waals surface area contributed by atoms with Gasteiger partial charge in [-0.3, -0.25) is 19.4 Å². The second-order valence-corrected chi connectivity index (χ2v) is 16.0. The van der Waals surface area contributed by atoms with Crippen LogP contribution >= 0.6 is 0 Å². The first-order valence-electron chi connectivity index (χ1n) is 20.5. The van der Waals surface area contributed by atoms with Crippen LogP contribution < -0.4 is 20.3 Å². The first-order chi connectivity index (χ1) is 28.1. The Morgan fingerprint density at radius 2 is 1.78 bits per heavy atom. The molecule has 2 aromatic carbocycles. The van der Waals surface area contributed by atoms with Crippen LogP contribution in [0.4, 0.5) is 14.6 Å². The number of phenolic OH excluding ortho intramolecular Hbond substituents is 1. The van der Waals surface area contributed by atoms with E-state index in [0.29, 0.717) is 85.8 Å². The van der Waals surface area contributed by atoms with Crippen molar-refractivity contribution in [3.63, 3.8) is 0 Å². The number of β-amino-alcohol motifs (C(OH)–C–C–N with tert-alkyl or cyclic N) is 1. The number of aromatic hydroxyl groups is 1. The number of ether oxygens (including phenoxy) is 1. The average molecular weight is 801 g/mol. The van der Waals surface area contributed by atoms with Gasteiger partial charge in [0, 0.05) is 69.4 Å². The Morgan fingerprint density at radius 3 is 2.53 bits per heavy atom. The van der Waals surface area contributed by atoms with Crippen LogP contribution in [0.1, 0.15) is 70.3 Å². The lowest BCUT2D eigenvalue weighted by Crippen LogP contribution is -2.51. The average Bonchev–Trinajstić information content (AvgIpc) is 3.97. The van der Waals surface area contributed by atoms with E-state index >= 15 is 8.78 Å². The molecule has 308 valence electrons. The fourth-order valence-corrected chi connectivity index (χ4v) is 9.07. The second-order valence-electron chi connectivity index (χ2n) is 16.0. The number of nitrogens with one attached hydrogen (secondary N) is 2. The van der Waals surface area contributed by atoms with Gasteiger partial charge in [-0.05, 0) is 85.9 Å². The lowest BCUT2D eigenvalue weighted by Gasteiger charge is -2.34. The summed E-state index contributed by atoms with van der Waals surface area (Å²) in [5.74, 6) is -1.30. The highest BCUT2D eigenvalue weighted by Crippen LogP contribution is 2.39. The number of fused-ring (bicyclic) bond motifs is 4. The molecule has 14 nitrogen and oxygen atoms in total. The maximum absolute atomic E-state index is 17.0. The number of amides is 3. The van der Waals surface area contributed by atoms with E-state index in [4.69, 9.17) is 9.72 Å². The van der Waals surface area contributed by atoms with Crippen LogP contribution in [-0.2, 0) is 20.8 Å². The number of rotatable bonds is 13. The molecule has 4 aliphatic rings. The third kappa shape index (κ3) is 8.21. The van der Waals surface area contributed by atoms with Gasteiger partial charge in [-0.15, -0.1) is 0 Å². The molecule has 6 heterocycles. The Balaban J connectivity index is 0.978. The van der Waals surface area contributed by atoms with Gasteiger partial charge in [0.25, 0.3) is 0 Å². The number of aliphatic hydroxyl groups is 1. The van der Waals surface area contributed by atoms with Gasteiger partial charge in [0.05, 0.1) is 24.1 Å². The van der Waals surface area contributed by atoms with Gasteiger partial charge in [0.15, 0.2) is 5.82 Å². The van der Waals surface area contributed by atoms with Crippen molar-refractivity contribution in [3.8, 4) is 23.0 Å². The molecule has 4 saturated heterocycles. The summed E-state index contributed by atoms with van der Waals surface area (Å²) in [4.78, 5) is 57.4. The van der Waals surface area contributed by atoms with Crippen LogP contribution in [0.3, 0.4) is 0 Å². The minimum Gasteiger partial charge on any atom is -0.508 e. The number of benzene rings is 2. The Bertz CT molecular complexity index is 2210. The van der Waals surface area contributed by atoms with Gasteiger partial charge in [-0.25, -0.2) is 8.78 Å². The number of piperazine rings is 1. The molecule has 4 aromatic rings. The third-order valence-electron chi connectivity index (χ3n) is 12.0. The number of anilines is 1. The highest BCUT2D eigenvalue weighted by Gasteiger charge is 2.35. The maximum Gasteiger partial charge on any atom is 0.319 e. The van der Waals surface area contributed by atoms with Gasteiger partial charge in [-0.1, -0.05) is 13.0 Å². The minimum absolute atomic E-state index is 0.00979. The molecule has 4 atom stereocenters. The summed E-state index contributed by atoms with van der Waals surface area (Å²) in [5, 5.41) is 28.0. The summed E-state index contributed by atoms with van der Waals surface area (Å²) in [6.45, 7) is 4.46. The molecule has 2 aromatic heterocycles. The van der Waals surface area contributed by atoms with E-state index < -0.39 is 17.7 Å². The van der Waals surface area contributed by atoms with Gasteiger partial charge in [0.2, 0.25) is 17.7 Å². The number of carbonyl (C=O) groups is 3. The zero-order chi connectivity index (χ0) is 40.5. The van der Waals surface area contributed by atoms with Gasteiger partial charge in [-0.2, -0.15) is 9.97 Å². The Morgan fingerprint density at radius 1 is 0.983 bits per heavy atom. The molecular weight excluding hydrogens is 751 g/mol. The molecule has 0 aliphatic carbocycles. The molecule has 0 radical (unpaired) electrons. The molecule has 58 heavy (non-hydrogen) atoms. The summed E-state index contributed by atoms with van der Waals surface area (Å²) in [6.07, 6.45) is 6.89. The molecule has 4 N–H and O–H groups in total. The fraction of sp³-hybridized carbons (Fsp3) is 0.524. The van der Waals surface area contributed by atoms with E-state index in [1.54, 1.807) is 17.2 Å². The van der Waals surface area contributed by atoms with Crippen LogP contribution in [0.15, 0.2) is 30.5 Å². The monoisotopic (exact) mass is 800 g/mol. The number of unbranched alkanes of at least 4 members (excludes halogenated alkanes) is 1. The van der Waals surface area contributed by atoms with Gasteiger partial charge in [0.1, 0.15) is 35.2 Å². The normalized spacial score (nSPS) is 21.7. The first-order valence-corrected chi connectivity index (χ1v) is 20.5. The molecule has 4 fully saturated rings. The number of aryl methyl sites for hydroxylation is 1. The zero-order valence-corrected chi connectivity index (χ0v) is 32.7. The van der Waals surface area contributed by atoms with E-state index in [-0.39, 0.29) is 96.9 Å². The predicted octanol–water partition coefficient (Wildman–Crippen LogP) is 3.97. The van der Waals surface area contributed by atoms with Crippen molar-refractivity contribution in [1.82, 2.24) is 35.4 Å². The van der Waals surface area contributed by atoms with Crippen molar-refractivity contribution in [3.05, 3.63) is 47.7 Å². The van der Waals surface area contributed by atoms with Crippen molar-refractivity contribution in [2.45, 2.75) is 95.4 Å². The molecule has 4 unspecified atom stereocenters. The standard InChI is InChI=1S/C42H50F2N8O6/c1-2-30-33(43)12-9-24-16-29(54)17-31(37(24)30)39-38(44)40-32(18-46-39)41(51-20-25-10-11-26(21-51)47-25)49-42(48-40)58-23-27-6-5-14-52(27)35(56)8-4-3-7-34(55)45-19-36(57)50-15-13-28(53)22-50/h9,12,16-18,25-28,47,53-54H,2-8,10-11,13-15,19-23H2,1H3,(H,45,55). The van der Waals surface area contributed by atoms with E-state index in [1.807, 2.05) is 6.92 Å². The smallest absolute Gasteiger partial charge is 0.319 e. The van der Waals surface area contributed by atoms with Crippen LogP contribution in [0.2, 0.25) is 0 Å². The van der Waals surface area contributed by atoms with Gasteiger partial charge < -0.3 is 40.3 Å². The number of aromatic nitrogens is 3. The molecule has 16 heteroatoms. The Labute approximate surface area is 335 Å². The predicted molar refractivity (Wildman–Crippen MR) is 212 cm³/mol. The van der Waals surface area contributed by atoms with Crippen molar-refractivity contribution in [1.29, 1.82) is 0 Å². The Hall–Kier alpha value is -5.22. The number of halogens is 2. The number of carbonyl (C=O) groups excluding carboxylic acids is 3. The molecule has 2 bridgehead atoms. The quantitative estimate of drug-likeness (QED) is 0.144. The zero-order valence-electron chi connectivity index (χ0n) is 32.7. The highest BCUT2D eigenvalue weighted by molar-refractivity contribution is 6.01. The van der Waals surface area contributed by atoms with E-state index in [1.165, 1.54) is 23.1 Å². The largest absolute Gasteiger partial charge is 0.508 e. The minimum atomic E-state index is -0.744. The van der Waals surface area contributed by atoms with E-state index in [9.17, 15) is 24.6 Å². The van der Waals surface area contributed by atoms with Crippen molar-refractivity contribution in [2.75, 3.05) is 50.8 Å². The van der Waals surface area contributed by atoms with Crippen LogP contribution in [0.25, 0.3) is 32.9 Å². The molecular formula is C42H50F2N8O6. The van der Waals surface area contributed by atoms with Crippen molar-refractivity contribution in [2.24, 2.45) is 0 Å². The van der Waals surface area contributed by atoms with E-state index in [2.05, 4.69) is 25.5 Å². The van der Waals surface area contributed by atoms with Crippen LogP contribution in [0.5, 0.6) is 11.8 Å². The summed E-state index contributed by atoms with van der Waals surface area (Å²) < 4.78 is 38.3. The molecule has 3 amide bonds. The van der Waals surface area contributed by atoms with Gasteiger partial charge >= 0.3 is 6.01 Å². The van der Waals surface area contributed by atoms with Crippen molar-refractivity contribution >= 4 is 45.2 Å². The van der Waals surface area contributed by atoms with Crippen LogP contribution in [0, 0.1) is 11.6 Å². The Kier molecular flexibility index (Phi) is 11.6. The number of phenols is 1. The molecule has 0 saturated carbocycles. The number of hydrogen-bond acceptors (Lipinski definition) is 11. The third-order valence-corrected chi connectivity index (χ3v) is 12.0. The number of nitrogens with zero attached hydrogens (tertiary/aromatic N) is 6. The lowest BCUT2D eigenvalue weighted by molar-refractivity contribution is -0.133. The fourth-order valence-electron chi connectivity index (χ4n) is 9.07. The molecule has 8 rings (SSSR count). The van der Waals surface area contributed by atoms with Crippen molar-refractivity contribution < 1.29 is 38.1 Å². The number of pyridine rings is 1. The van der Waals surface area contributed by atoms with E-state index in [0.717, 1.165) is 19.3 Å². The topological polar surface area (TPSA) is 173 Å². The summed E-state index contributed by atoms with van der Waals surface area (Å²) in [6, 6.07) is 6.07. The highest BCUT2D eigenvalue weighted by atomic mass is 19.1. The lowest BCUT2D eigenvalue weighted by atomic mass is 9.94. The summed E-state index contributed by atoms with van der Waals surface area (Å²) >= 11 is 0. The number of likely N-dealkylation sites (tertiary alicyclic amines) is 2. The maximum atomic E-state index is 17.0. The first kappa shape index (κ1) is 39.6.